The predicted octanol–water partition coefficient (Wildman–Crippen LogP) is -1.20. The largest absolute Gasteiger partial charge is 0.480 e. The predicted molar refractivity (Wildman–Crippen MR) is 125 cm³/mol. The van der Waals surface area contributed by atoms with E-state index in [1.54, 1.807) is 13.8 Å². The molecule has 9 N–H and O–H groups in total. The normalized spacial score (nSPS) is 19.1. The summed E-state index contributed by atoms with van der Waals surface area (Å²) in [6.07, 6.45) is 3.14. The zero-order valence-electron chi connectivity index (χ0n) is 20.1. The Morgan fingerprint density at radius 2 is 1.79 bits per heavy atom. The minimum atomic E-state index is -1.20. The van der Waals surface area contributed by atoms with Crippen LogP contribution in [0.1, 0.15) is 65.2 Å². The van der Waals surface area contributed by atoms with E-state index < -0.39 is 47.9 Å². The molecule has 1 aliphatic rings. The maximum Gasteiger partial charge on any atom is 0.326 e. The molecule has 0 radical (unpaired) electrons. The van der Waals surface area contributed by atoms with Crippen molar-refractivity contribution in [3.8, 4) is 0 Å². The summed E-state index contributed by atoms with van der Waals surface area (Å²) in [5.41, 5.74) is 16.7. The average Bonchev–Trinajstić information content (AvgIpc) is 3.28. The first-order valence-corrected chi connectivity index (χ1v) is 11.9. The van der Waals surface area contributed by atoms with Gasteiger partial charge in [-0.1, -0.05) is 26.7 Å². The lowest BCUT2D eigenvalue weighted by Gasteiger charge is -2.29. The molecule has 5 unspecified atom stereocenters. The van der Waals surface area contributed by atoms with E-state index >= 15 is 0 Å². The Balaban J connectivity index is 2.92. The van der Waals surface area contributed by atoms with Gasteiger partial charge in [0.1, 0.15) is 18.1 Å². The van der Waals surface area contributed by atoms with Gasteiger partial charge in [0.25, 0.3) is 0 Å². The minimum absolute atomic E-state index is 0.0982. The van der Waals surface area contributed by atoms with Crippen LogP contribution in [0.4, 0.5) is 0 Å². The van der Waals surface area contributed by atoms with Gasteiger partial charge >= 0.3 is 5.97 Å². The van der Waals surface area contributed by atoms with Crippen LogP contribution < -0.4 is 27.8 Å². The topological polar surface area (TPSA) is 211 Å². The standard InChI is InChI=1S/C22H40N6O6/c1-3-13(2)18(22(33)34)27-19(30)15(9-10-17(25)29)26-20(31)16-8-6-12-28(16)21(32)14(24)7-4-5-11-23/h13-16,18H,3-12,23-24H2,1-2H3,(H2,25,29)(H,26,31)(H,27,30)(H,33,34). The molecule has 0 aromatic heterocycles. The van der Waals surface area contributed by atoms with E-state index in [1.165, 1.54) is 4.90 Å². The quantitative estimate of drug-likeness (QED) is 0.155. The summed E-state index contributed by atoms with van der Waals surface area (Å²) in [7, 11) is 0. The summed E-state index contributed by atoms with van der Waals surface area (Å²) in [5.74, 6) is -3.83. The highest BCUT2D eigenvalue weighted by molar-refractivity contribution is 5.94. The highest BCUT2D eigenvalue weighted by atomic mass is 16.4. The van der Waals surface area contributed by atoms with Gasteiger partial charge in [-0.25, -0.2) is 4.79 Å². The number of unbranched alkanes of at least 4 members (excludes halogenated alkanes) is 1. The van der Waals surface area contributed by atoms with Crippen molar-refractivity contribution in [2.45, 2.75) is 89.4 Å². The van der Waals surface area contributed by atoms with Gasteiger partial charge in [0, 0.05) is 13.0 Å². The molecule has 34 heavy (non-hydrogen) atoms. The molecule has 0 aromatic rings. The lowest BCUT2D eigenvalue weighted by molar-refractivity contribution is -0.144. The number of rotatable bonds is 15. The second-order valence-electron chi connectivity index (χ2n) is 8.86. The van der Waals surface area contributed by atoms with E-state index in [0.29, 0.717) is 45.2 Å². The molecule has 194 valence electrons. The van der Waals surface area contributed by atoms with Crippen LogP contribution in [0.2, 0.25) is 0 Å². The SMILES string of the molecule is CCC(C)C(NC(=O)C(CCC(N)=O)NC(=O)C1CCCN1C(=O)C(N)CCCCN)C(=O)O. The van der Waals surface area contributed by atoms with E-state index in [0.717, 1.165) is 6.42 Å². The number of amides is 4. The Kier molecular flexibility index (Phi) is 12.5. The molecule has 0 spiro atoms. The highest BCUT2D eigenvalue weighted by Crippen LogP contribution is 2.20. The Morgan fingerprint density at radius 1 is 1.12 bits per heavy atom. The fourth-order valence-electron chi connectivity index (χ4n) is 3.91. The van der Waals surface area contributed by atoms with Crippen molar-refractivity contribution in [3.05, 3.63) is 0 Å². The van der Waals surface area contributed by atoms with Crippen LogP contribution in [-0.4, -0.2) is 76.9 Å². The molecule has 12 heteroatoms. The van der Waals surface area contributed by atoms with E-state index in [1.807, 2.05) is 0 Å². The zero-order valence-corrected chi connectivity index (χ0v) is 20.1. The molecule has 5 atom stereocenters. The first kappa shape index (κ1) is 29.3. The number of nitrogens with zero attached hydrogens (tertiary/aromatic N) is 1. The van der Waals surface area contributed by atoms with Crippen molar-refractivity contribution in [2.75, 3.05) is 13.1 Å². The summed E-state index contributed by atoms with van der Waals surface area (Å²) in [6.45, 7) is 4.36. The van der Waals surface area contributed by atoms with Crippen LogP contribution in [0.15, 0.2) is 0 Å². The molecule has 1 heterocycles. The van der Waals surface area contributed by atoms with Crippen molar-refractivity contribution in [1.82, 2.24) is 15.5 Å². The molecule has 0 aromatic carbocycles. The molecular formula is C22H40N6O6. The number of nitrogens with one attached hydrogen (secondary N) is 2. The number of hydrogen-bond donors (Lipinski definition) is 6. The lowest BCUT2D eigenvalue weighted by atomic mass is 9.98. The molecule has 12 nitrogen and oxygen atoms in total. The van der Waals surface area contributed by atoms with E-state index in [-0.39, 0.29) is 24.7 Å². The van der Waals surface area contributed by atoms with Gasteiger partial charge in [0.05, 0.1) is 6.04 Å². The number of aliphatic carboxylic acids is 1. The third kappa shape index (κ3) is 8.90. The molecule has 1 fully saturated rings. The maximum absolute atomic E-state index is 13.0. The monoisotopic (exact) mass is 484 g/mol. The van der Waals surface area contributed by atoms with Crippen molar-refractivity contribution >= 4 is 29.6 Å². The third-order valence-corrected chi connectivity index (χ3v) is 6.21. The lowest BCUT2D eigenvalue weighted by Crippen LogP contribution is -2.57. The molecule has 4 amide bonds. The third-order valence-electron chi connectivity index (χ3n) is 6.21. The van der Waals surface area contributed by atoms with Gasteiger partial charge in [0.15, 0.2) is 0 Å². The van der Waals surface area contributed by atoms with Crippen LogP contribution in [0.25, 0.3) is 0 Å². The molecule has 0 saturated carbocycles. The Labute approximate surface area is 200 Å². The molecule has 0 aliphatic carbocycles. The van der Waals surface area contributed by atoms with Crippen LogP contribution in [0.3, 0.4) is 0 Å². The first-order valence-electron chi connectivity index (χ1n) is 11.9. The number of carboxylic acid groups (broad SMARTS) is 1. The maximum atomic E-state index is 13.0. The van der Waals surface area contributed by atoms with E-state index in [2.05, 4.69) is 10.6 Å². The van der Waals surface area contributed by atoms with Crippen LogP contribution >= 0.6 is 0 Å². The minimum Gasteiger partial charge on any atom is -0.480 e. The van der Waals surface area contributed by atoms with Crippen molar-refractivity contribution in [2.24, 2.45) is 23.1 Å². The second-order valence-corrected chi connectivity index (χ2v) is 8.86. The van der Waals surface area contributed by atoms with Crippen LogP contribution in [-0.2, 0) is 24.0 Å². The highest BCUT2D eigenvalue weighted by Gasteiger charge is 2.38. The number of hydrogen-bond acceptors (Lipinski definition) is 7. The van der Waals surface area contributed by atoms with Crippen molar-refractivity contribution < 1.29 is 29.1 Å². The number of primary amides is 1. The van der Waals surface area contributed by atoms with Gasteiger partial charge in [-0.15, -0.1) is 0 Å². The second kappa shape index (κ2) is 14.5. The fraction of sp³-hybridized carbons (Fsp3) is 0.773. The van der Waals surface area contributed by atoms with Gasteiger partial charge in [-0.3, -0.25) is 19.2 Å². The number of carbonyl (C=O) groups is 5. The smallest absolute Gasteiger partial charge is 0.326 e. The summed E-state index contributed by atoms with van der Waals surface area (Å²) in [4.78, 5) is 63.0. The van der Waals surface area contributed by atoms with Gasteiger partial charge in [-0.2, -0.15) is 0 Å². The summed E-state index contributed by atoms with van der Waals surface area (Å²) in [6, 6.07) is -3.88. The van der Waals surface area contributed by atoms with Gasteiger partial charge in [-0.05, 0) is 44.6 Å². The van der Waals surface area contributed by atoms with Crippen molar-refractivity contribution in [3.63, 3.8) is 0 Å². The van der Waals surface area contributed by atoms with Crippen molar-refractivity contribution in [1.29, 1.82) is 0 Å². The fourth-order valence-corrected chi connectivity index (χ4v) is 3.91. The van der Waals surface area contributed by atoms with Crippen LogP contribution in [0.5, 0.6) is 0 Å². The Bertz CT molecular complexity index is 733. The summed E-state index contributed by atoms with van der Waals surface area (Å²) in [5, 5.41) is 14.5. The summed E-state index contributed by atoms with van der Waals surface area (Å²) >= 11 is 0. The average molecular weight is 485 g/mol. The molecule has 1 saturated heterocycles. The number of nitrogens with two attached hydrogens (primary N) is 3. The van der Waals surface area contributed by atoms with Crippen LogP contribution in [0, 0.1) is 5.92 Å². The van der Waals surface area contributed by atoms with Gasteiger partial charge < -0.3 is 37.8 Å². The number of carbonyl (C=O) groups excluding carboxylic acids is 4. The number of likely N-dealkylation sites (tertiary alicyclic amines) is 1. The zero-order chi connectivity index (χ0) is 25.8. The Morgan fingerprint density at radius 3 is 2.35 bits per heavy atom. The van der Waals surface area contributed by atoms with Gasteiger partial charge in [0.2, 0.25) is 23.6 Å². The number of carboxylic acids is 1. The molecule has 1 aliphatic heterocycles. The Hall–Kier alpha value is -2.73. The van der Waals surface area contributed by atoms with E-state index in [4.69, 9.17) is 17.2 Å². The molecular weight excluding hydrogens is 444 g/mol. The first-order chi connectivity index (χ1) is 16.0. The van der Waals surface area contributed by atoms with E-state index in [9.17, 15) is 29.1 Å². The molecule has 0 bridgehead atoms. The summed E-state index contributed by atoms with van der Waals surface area (Å²) < 4.78 is 0. The molecule has 1 rings (SSSR count).